The molecule has 6 nitrogen and oxygen atoms in total. The summed E-state index contributed by atoms with van der Waals surface area (Å²) in [6.07, 6.45) is 6.11. The van der Waals surface area contributed by atoms with Gasteiger partial charge in [-0.25, -0.2) is 4.98 Å². The Labute approximate surface area is 183 Å². The molecule has 2 atom stereocenters. The zero-order valence-electron chi connectivity index (χ0n) is 16.2. The molecule has 3 aromatic rings. The number of hydrogen-bond acceptors (Lipinski definition) is 5. The van der Waals surface area contributed by atoms with Gasteiger partial charge in [0.05, 0.1) is 21.8 Å². The van der Waals surface area contributed by atoms with Crippen LogP contribution >= 0.6 is 23.2 Å². The molecule has 30 heavy (non-hydrogen) atoms. The second-order valence-corrected chi connectivity index (χ2v) is 8.95. The Kier molecular flexibility index (Phi) is 4.61. The molecule has 0 saturated heterocycles. The Hall–Kier alpha value is -2.41. The first-order chi connectivity index (χ1) is 14.4. The predicted octanol–water partition coefficient (Wildman–Crippen LogP) is 4.45. The van der Waals surface area contributed by atoms with Gasteiger partial charge in [-0.2, -0.15) is 0 Å². The molecule has 2 unspecified atom stereocenters. The highest BCUT2D eigenvalue weighted by molar-refractivity contribution is 6.45. The average Bonchev–Trinajstić information content (AvgIpc) is 3.24. The van der Waals surface area contributed by atoms with E-state index in [1.54, 1.807) is 24.7 Å². The summed E-state index contributed by atoms with van der Waals surface area (Å²) in [5.41, 5.74) is 9.06. The quantitative estimate of drug-likeness (QED) is 0.520. The third-order valence-corrected chi connectivity index (χ3v) is 7.17. The van der Waals surface area contributed by atoms with Crippen molar-refractivity contribution in [2.75, 3.05) is 11.1 Å². The number of nitrogens with zero attached hydrogens (tertiary/aromatic N) is 2. The van der Waals surface area contributed by atoms with E-state index >= 15 is 0 Å². The lowest BCUT2D eigenvalue weighted by Crippen LogP contribution is -2.19. The number of nitrogens with two attached hydrogens (primary N) is 1. The van der Waals surface area contributed by atoms with Crippen molar-refractivity contribution in [3.8, 4) is 11.1 Å². The molecule has 8 heteroatoms. The fourth-order valence-electron chi connectivity index (χ4n) is 4.78. The monoisotopic (exact) mass is 442 g/mol. The van der Waals surface area contributed by atoms with Gasteiger partial charge in [0.15, 0.2) is 0 Å². The van der Waals surface area contributed by atoms with E-state index in [2.05, 4.69) is 15.3 Å². The number of carbonyl (C=O) groups is 1. The highest BCUT2D eigenvalue weighted by atomic mass is 35.5. The highest BCUT2D eigenvalue weighted by Gasteiger charge is 2.59. The van der Waals surface area contributed by atoms with Crippen molar-refractivity contribution in [1.29, 1.82) is 0 Å². The van der Waals surface area contributed by atoms with Crippen LogP contribution in [0.25, 0.3) is 21.9 Å². The molecule has 2 heterocycles. The number of amides is 1. The average molecular weight is 443 g/mol. The molecule has 154 valence electrons. The molecule has 0 spiro atoms. The largest absolute Gasteiger partial charge is 0.397 e. The number of aliphatic hydroxyl groups is 1. The van der Waals surface area contributed by atoms with Crippen LogP contribution in [-0.2, 0) is 4.79 Å². The molecule has 1 aromatic carbocycles. The van der Waals surface area contributed by atoms with Crippen molar-refractivity contribution < 1.29 is 9.90 Å². The van der Waals surface area contributed by atoms with E-state index in [4.69, 9.17) is 28.9 Å². The first-order valence-corrected chi connectivity index (χ1v) is 10.6. The standard InChI is InChI=1S/C22H20Cl2N4O2/c1-9-2-3-26-7-14(9)18-19(23)13-6-16(27-8-15(13)21(25)20(18)24)28-22(30)17-11-4-10(29)5-12(11)17/h2-3,6-8,10-12,17,29H,4-5,25H2,1H3,(H,27,28,30). The number of halogens is 2. The summed E-state index contributed by atoms with van der Waals surface area (Å²) in [5.74, 6) is 0.850. The summed E-state index contributed by atoms with van der Waals surface area (Å²) >= 11 is 13.3. The first-order valence-electron chi connectivity index (χ1n) is 9.83. The maximum atomic E-state index is 12.7. The summed E-state index contributed by atoms with van der Waals surface area (Å²) in [7, 11) is 0. The maximum absolute atomic E-state index is 12.7. The number of nitrogen functional groups attached to an aromatic ring is 1. The van der Waals surface area contributed by atoms with E-state index in [0.29, 0.717) is 50.7 Å². The van der Waals surface area contributed by atoms with Crippen molar-refractivity contribution in [1.82, 2.24) is 9.97 Å². The second kappa shape index (κ2) is 7.08. The fraction of sp³-hybridized carbons (Fsp3) is 0.318. The summed E-state index contributed by atoms with van der Waals surface area (Å²) in [6.45, 7) is 1.95. The van der Waals surface area contributed by atoms with Crippen molar-refractivity contribution in [3.05, 3.63) is 46.3 Å². The van der Waals surface area contributed by atoms with Gasteiger partial charge in [0.25, 0.3) is 0 Å². The molecule has 2 aromatic heterocycles. The molecule has 2 aliphatic carbocycles. The number of aryl methyl sites for hydroxylation is 1. The summed E-state index contributed by atoms with van der Waals surface area (Å²) < 4.78 is 0. The number of fused-ring (bicyclic) bond motifs is 2. The molecule has 0 bridgehead atoms. The molecule has 5 rings (SSSR count). The molecule has 2 aliphatic rings. The number of hydrogen-bond donors (Lipinski definition) is 3. The van der Waals surface area contributed by atoms with Gasteiger partial charge in [0.1, 0.15) is 5.82 Å². The Morgan fingerprint density at radius 1 is 1.20 bits per heavy atom. The number of carbonyl (C=O) groups excluding carboxylic acids is 1. The number of anilines is 2. The van der Waals surface area contributed by atoms with Crippen LogP contribution in [0.15, 0.2) is 30.7 Å². The minimum Gasteiger partial charge on any atom is -0.397 e. The van der Waals surface area contributed by atoms with E-state index in [9.17, 15) is 9.90 Å². The van der Waals surface area contributed by atoms with Gasteiger partial charge < -0.3 is 16.2 Å². The van der Waals surface area contributed by atoms with E-state index in [1.165, 1.54) is 0 Å². The van der Waals surface area contributed by atoms with Crippen LogP contribution in [0.4, 0.5) is 11.5 Å². The maximum Gasteiger partial charge on any atom is 0.229 e. The zero-order valence-corrected chi connectivity index (χ0v) is 17.7. The molecular weight excluding hydrogens is 423 g/mol. The van der Waals surface area contributed by atoms with Gasteiger partial charge >= 0.3 is 0 Å². The van der Waals surface area contributed by atoms with Gasteiger partial charge in [0.2, 0.25) is 5.91 Å². The normalized spacial score (nSPS) is 24.7. The number of aliphatic hydroxyl groups excluding tert-OH is 1. The van der Waals surface area contributed by atoms with E-state index in [-0.39, 0.29) is 29.8 Å². The minimum atomic E-state index is -0.274. The fourth-order valence-corrected chi connectivity index (χ4v) is 5.48. The summed E-state index contributed by atoms with van der Waals surface area (Å²) in [5, 5.41) is 14.6. The molecule has 2 saturated carbocycles. The third kappa shape index (κ3) is 3.02. The molecule has 1 amide bonds. The second-order valence-electron chi connectivity index (χ2n) is 8.19. The van der Waals surface area contributed by atoms with Crippen molar-refractivity contribution in [2.45, 2.75) is 25.9 Å². The van der Waals surface area contributed by atoms with Crippen LogP contribution in [0.1, 0.15) is 18.4 Å². The Bertz CT molecular complexity index is 1190. The lowest BCUT2D eigenvalue weighted by atomic mass is 9.98. The summed E-state index contributed by atoms with van der Waals surface area (Å²) in [4.78, 5) is 21.2. The number of nitrogens with one attached hydrogen (secondary N) is 1. The van der Waals surface area contributed by atoms with Crippen LogP contribution in [-0.4, -0.2) is 27.1 Å². The molecular formula is C22H20Cl2N4O2. The zero-order chi connectivity index (χ0) is 21.2. The predicted molar refractivity (Wildman–Crippen MR) is 118 cm³/mol. The van der Waals surface area contributed by atoms with E-state index in [1.807, 2.05) is 13.0 Å². The smallest absolute Gasteiger partial charge is 0.229 e. The SMILES string of the molecule is Cc1ccncc1-c1c(Cl)c(N)c2cnc(NC(=O)C3C4CC(O)CC43)cc2c1Cl. The van der Waals surface area contributed by atoms with Crippen molar-refractivity contribution in [3.63, 3.8) is 0 Å². The van der Waals surface area contributed by atoms with Crippen LogP contribution in [0.2, 0.25) is 10.0 Å². The lowest BCUT2D eigenvalue weighted by Gasteiger charge is -2.16. The number of rotatable bonds is 3. The van der Waals surface area contributed by atoms with Crippen molar-refractivity contribution >= 4 is 51.4 Å². The molecule has 0 aliphatic heterocycles. The highest BCUT2D eigenvalue weighted by Crippen LogP contribution is 2.57. The van der Waals surface area contributed by atoms with E-state index < -0.39 is 0 Å². The lowest BCUT2D eigenvalue weighted by molar-refractivity contribution is -0.118. The third-order valence-electron chi connectivity index (χ3n) is 6.39. The van der Waals surface area contributed by atoms with Crippen LogP contribution in [0, 0.1) is 24.7 Å². The molecule has 0 radical (unpaired) electrons. The van der Waals surface area contributed by atoms with Crippen molar-refractivity contribution in [2.24, 2.45) is 17.8 Å². The number of benzene rings is 1. The molecule has 2 fully saturated rings. The van der Waals surface area contributed by atoms with Gasteiger partial charge in [-0.1, -0.05) is 23.2 Å². The summed E-state index contributed by atoms with van der Waals surface area (Å²) in [6, 6.07) is 3.61. The first kappa shape index (κ1) is 19.5. The number of aromatic nitrogens is 2. The Morgan fingerprint density at radius 2 is 1.93 bits per heavy atom. The Morgan fingerprint density at radius 3 is 2.63 bits per heavy atom. The van der Waals surface area contributed by atoms with Gasteiger partial charge in [-0.05, 0) is 49.3 Å². The van der Waals surface area contributed by atoms with E-state index in [0.717, 1.165) is 11.1 Å². The minimum absolute atomic E-state index is 0.0507. The topological polar surface area (TPSA) is 101 Å². The van der Waals surface area contributed by atoms with Gasteiger partial charge in [-0.15, -0.1) is 0 Å². The van der Waals surface area contributed by atoms with Gasteiger partial charge in [-0.3, -0.25) is 9.78 Å². The molecule has 4 N–H and O–H groups in total. The Balaban J connectivity index is 1.53. The van der Waals surface area contributed by atoms with Crippen LogP contribution in [0.5, 0.6) is 0 Å². The van der Waals surface area contributed by atoms with Crippen LogP contribution < -0.4 is 11.1 Å². The number of pyridine rings is 2. The van der Waals surface area contributed by atoms with Gasteiger partial charge in [0, 0.05) is 46.4 Å². The van der Waals surface area contributed by atoms with Crippen LogP contribution in [0.3, 0.4) is 0 Å².